The van der Waals surface area contributed by atoms with Crippen molar-refractivity contribution in [2.24, 2.45) is 0 Å². The molecule has 2 saturated heterocycles. The first-order valence-electron chi connectivity index (χ1n) is 7.59. The van der Waals surface area contributed by atoms with Crippen molar-refractivity contribution in [1.29, 1.82) is 0 Å². The molecule has 0 aliphatic carbocycles. The van der Waals surface area contributed by atoms with Gasteiger partial charge in [0, 0.05) is 13.1 Å². The van der Waals surface area contributed by atoms with Gasteiger partial charge in [-0.2, -0.15) is 0 Å². The van der Waals surface area contributed by atoms with Gasteiger partial charge in [-0.3, -0.25) is 9.59 Å². The monoisotopic (exact) mass is 336 g/mol. The van der Waals surface area contributed by atoms with E-state index in [9.17, 15) is 9.59 Å². The summed E-state index contributed by atoms with van der Waals surface area (Å²) >= 11 is 1.55. The van der Waals surface area contributed by atoms with Crippen molar-refractivity contribution in [3.05, 3.63) is 29.8 Å². The van der Waals surface area contributed by atoms with E-state index in [1.807, 2.05) is 24.3 Å². The molecule has 1 aromatic carbocycles. The Morgan fingerprint density at radius 1 is 1.30 bits per heavy atom. The van der Waals surface area contributed by atoms with E-state index in [1.54, 1.807) is 28.7 Å². The lowest BCUT2D eigenvalue weighted by atomic mass is 10.2. The SMILES string of the molecule is COc1ccc(C2SCC(=O)N2CC(=O)N2CCOCC2)cc1. The Bertz CT molecular complexity index is 572. The second-order valence-corrected chi connectivity index (χ2v) is 6.52. The number of carbonyl (C=O) groups is 2. The van der Waals surface area contributed by atoms with Crippen molar-refractivity contribution in [3.63, 3.8) is 0 Å². The van der Waals surface area contributed by atoms with E-state index in [2.05, 4.69) is 0 Å². The fourth-order valence-corrected chi connectivity index (χ4v) is 3.92. The van der Waals surface area contributed by atoms with Crippen molar-refractivity contribution in [2.75, 3.05) is 45.7 Å². The minimum absolute atomic E-state index is 0.0114. The van der Waals surface area contributed by atoms with E-state index >= 15 is 0 Å². The van der Waals surface area contributed by atoms with Gasteiger partial charge in [-0.05, 0) is 17.7 Å². The van der Waals surface area contributed by atoms with Gasteiger partial charge >= 0.3 is 0 Å². The van der Waals surface area contributed by atoms with Gasteiger partial charge in [-0.15, -0.1) is 11.8 Å². The maximum Gasteiger partial charge on any atom is 0.242 e. The third-order valence-corrected chi connectivity index (χ3v) is 5.29. The van der Waals surface area contributed by atoms with E-state index in [4.69, 9.17) is 9.47 Å². The third kappa shape index (κ3) is 3.61. The molecule has 2 aliphatic heterocycles. The summed E-state index contributed by atoms with van der Waals surface area (Å²) in [5.41, 5.74) is 1.01. The number of hydrogen-bond donors (Lipinski definition) is 0. The lowest BCUT2D eigenvalue weighted by Crippen LogP contribution is -2.46. The van der Waals surface area contributed by atoms with Crippen molar-refractivity contribution < 1.29 is 19.1 Å². The average Bonchev–Trinajstić information content (AvgIpc) is 2.96. The van der Waals surface area contributed by atoms with Crippen molar-refractivity contribution >= 4 is 23.6 Å². The number of methoxy groups -OCH3 is 1. The number of ether oxygens (including phenoxy) is 2. The Morgan fingerprint density at radius 2 is 2.00 bits per heavy atom. The van der Waals surface area contributed by atoms with Gasteiger partial charge in [0.15, 0.2) is 0 Å². The van der Waals surface area contributed by atoms with Crippen LogP contribution in [-0.2, 0) is 14.3 Å². The molecule has 1 atom stereocenters. The molecule has 7 heteroatoms. The highest BCUT2D eigenvalue weighted by Gasteiger charge is 2.35. The van der Waals surface area contributed by atoms with Gasteiger partial charge in [-0.1, -0.05) is 12.1 Å². The van der Waals surface area contributed by atoms with Gasteiger partial charge in [0.05, 0.1) is 26.1 Å². The van der Waals surface area contributed by atoms with E-state index in [-0.39, 0.29) is 23.7 Å². The summed E-state index contributed by atoms with van der Waals surface area (Å²) < 4.78 is 10.4. The molecule has 1 unspecified atom stereocenters. The Balaban J connectivity index is 1.70. The zero-order chi connectivity index (χ0) is 16.2. The van der Waals surface area contributed by atoms with Crippen LogP contribution in [0, 0.1) is 0 Å². The van der Waals surface area contributed by atoms with Crippen molar-refractivity contribution in [1.82, 2.24) is 9.80 Å². The molecule has 1 aromatic rings. The standard InChI is InChI=1S/C16H20N2O4S/c1-21-13-4-2-12(3-5-13)16-18(15(20)11-23-16)10-14(19)17-6-8-22-9-7-17/h2-5,16H,6-11H2,1H3. The summed E-state index contributed by atoms with van der Waals surface area (Å²) in [4.78, 5) is 28.0. The zero-order valence-corrected chi connectivity index (χ0v) is 13.9. The summed E-state index contributed by atoms with van der Waals surface area (Å²) in [6, 6.07) is 7.64. The zero-order valence-electron chi connectivity index (χ0n) is 13.1. The second kappa shape index (κ2) is 7.23. The molecule has 6 nitrogen and oxygen atoms in total. The number of nitrogens with zero attached hydrogens (tertiary/aromatic N) is 2. The fourth-order valence-electron chi connectivity index (χ4n) is 2.73. The van der Waals surface area contributed by atoms with Crippen molar-refractivity contribution in [2.45, 2.75) is 5.37 Å². The number of morpholine rings is 1. The molecule has 0 bridgehead atoms. The Labute approximate surface area is 139 Å². The van der Waals surface area contributed by atoms with Crippen LogP contribution < -0.4 is 4.74 Å². The summed E-state index contributed by atoms with van der Waals surface area (Å²) in [6.45, 7) is 2.46. The van der Waals surface area contributed by atoms with Crippen LogP contribution in [0.1, 0.15) is 10.9 Å². The minimum Gasteiger partial charge on any atom is -0.497 e. The summed E-state index contributed by atoms with van der Waals surface area (Å²) in [7, 11) is 1.62. The maximum atomic E-state index is 12.4. The third-order valence-electron chi connectivity index (χ3n) is 4.04. The highest BCUT2D eigenvalue weighted by atomic mass is 32.2. The smallest absolute Gasteiger partial charge is 0.242 e. The average molecular weight is 336 g/mol. The van der Waals surface area contributed by atoms with Crippen LogP contribution in [0.15, 0.2) is 24.3 Å². The molecular formula is C16H20N2O4S. The van der Waals surface area contributed by atoms with E-state index in [0.29, 0.717) is 32.1 Å². The summed E-state index contributed by atoms with van der Waals surface area (Å²) in [6.07, 6.45) is 0. The lowest BCUT2D eigenvalue weighted by molar-refractivity contribution is -0.141. The molecule has 3 rings (SSSR count). The molecule has 124 valence electrons. The lowest BCUT2D eigenvalue weighted by Gasteiger charge is -2.30. The summed E-state index contributed by atoms with van der Waals surface area (Å²) in [5, 5.41) is -0.113. The van der Waals surface area contributed by atoms with Crippen LogP contribution >= 0.6 is 11.8 Å². The largest absolute Gasteiger partial charge is 0.497 e. The molecule has 2 fully saturated rings. The van der Waals surface area contributed by atoms with E-state index < -0.39 is 0 Å². The molecule has 2 amide bonds. The Hall–Kier alpha value is -1.73. The molecule has 0 aromatic heterocycles. The molecule has 2 heterocycles. The molecule has 0 saturated carbocycles. The molecule has 0 radical (unpaired) electrons. The van der Waals surface area contributed by atoms with Gasteiger partial charge in [-0.25, -0.2) is 0 Å². The number of amides is 2. The topological polar surface area (TPSA) is 59.1 Å². The number of hydrogen-bond acceptors (Lipinski definition) is 5. The molecule has 23 heavy (non-hydrogen) atoms. The van der Waals surface area contributed by atoms with Crippen LogP contribution in [0.4, 0.5) is 0 Å². The molecule has 2 aliphatic rings. The molecular weight excluding hydrogens is 316 g/mol. The van der Waals surface area contributed by atoms with Crippen LogP contribution in [0.2, 0.25) is 0 Å². The highest BCUT2D eigenvalue weighted by molar-refractivity contribution is 8.00. The van der Waals surface area contributed by atoms with Gasteiger partial charge < -0.3 is 19.3 Å². The number of thioether (sulfide) groups is 1. The highest BCUT2D eigenvalue weighted by Crippen LogP contribution is 2.38. The first-order chi connectivity index (χ1) is 11.2. The van der Waals surface area contributed by atoms with Gasteiger partial charge in [0.25, 0.3) is 0 Å². The van der Waals surface area contributed by atoms with Crippen LogP contribution in [0.25, 0.3) is 0 Å². The minimum atomic E-state index is -0.113. The number of rotatable bonds is 4. The Kier molecular flexibility index (Phi) is 5.07. The van der Waals surface area contributed by atoms with Crippen LogP contribution in [-0.4, -0.2) is 67.3 Å². The van der Waals surface area contributed by atoms with Gasteiger partial charge in [0.1, 0.15) is 17.7 Å². The van der Waals surface area contributed by atoms with Gasteiger partial charge in [0.2, 0.25) is 11.8 Å². The summed E-state index contributed by atoms with van der Waals surface area (Å²) in [5.74, 6) is 1.19. The first-order valence-corrected chi connectivity index (χ1v) is 8.64. The van der Waals surface area contributed by atoms with E-state index in [0.717, 1.165) is 11.3 Å². The first kappa shape index (κ1) is 16.1. The van der Waals surface area contributed by atoms with Crippen LogP contribution in [0.3, 0.4) is 0 Å². The number of benzene rings is 1. The second-order valence-electron chi connectivity index (χ2n) is 5.45. The normalized spacial score (nSPS) is 21.6. The predicted octanol–water partition coefficient (Wildman–Crippen LogP) is 1.13. The van der Waals surface area contributed by atoms with Crippen LogP contribution in [0.5, 0.6) is 5.75 Å². The van der Waals surface area contributed by atoms with Crippen molar-refractivity contribution in [3.8, 4) is 5.75 Å². The Morgan fingerprint density at radius 3 is 2.65 bits per heavy atom. The fraction of sp³-hybridized carbons (Fsp3) is 0.500. The predicted molar refractivity (Wildman–Crippen MR) is 87.3 cm³/mol. The number of carbonyl (C=O) groups excluding carboxylic acids is 2. The molecule has 0 N–H and O–H groups in total. The molecule has 0 spiro atoms. The maximum absolute atomic E-state index is 12.4. The van der Waals surface area contributed by atoms with E-state index in [1.165, 1.54) is 0 Å². The quantitative estimate of drug-likeness (QED) is 0.825.